The Kier molecular flexibility index (Phi) is 5.02. The van der Waals surface area contributed by atoms with E-state index in [9.17, 15) is 0 Å². The van der Waals surface area contributed by atoms with Gasteiger partial charge in [0.2, 0.25) is 0 Å². The summed E-state index contributed by atoms with van der Waals surface area (Å²) >= 11 is 0. The predicted molar refractivity (Wildman–Crippen MR) is 81.0 cm³/mol. The van der Waals surface area contributed by atoms with Crippen LogP contribution in [0, 0.1) is 0 Å². The summed E-state index contributed by atoms with van der Waals surface area (Å²) in [7, 11) is 0. The fourth-order valence-electron chi connectivity index (χ4n) is 2.77. The smallest absolute Gasteiger partial charge is 0.119 e. The first-order valence-corrected chi connectivity index (χ1v) is 7.36. The van der Waals surface area contributed by atoms with Gasteiger partial charge in [-0.2, -0.15) is 0 Å². The van der Waals surface area contributed by atoms with E-state index in [4.69, 9.17) is 15.2 Å². The van der Waals surface area contributed by atoms with Crippen LogP contribution in [0.1, 0.15) is 32.4 Å². The van der Waals surface area contributed by atoms with E-state index >= 15 is 0 Å². The van der Waals surface area contributed by atoms with Crippen molar-refractivity contribution in [3.8, 4) is 5.75 Å². The number of ether oxygens (including phenoxy) is 2. The van der Waals surface area contributed by atoms with Crippen LogP contribution in [0.5, 0.6) is 5.75 Å². The molecule has 0 aromatic heterocycles. The minimum atomic E-state index is -0.100. The van der Waals surface area contributed by atoms with Gasteiger partial charge in [0, 0.05) is 25.7 Å². The van der Waals surface area contributed by atoms with Gasteiger partial charge in [-0.15, -0.1) is 0 Å². The number of nitrogens with two attached hydrogens (primary N) is 1. The van der Waals surface area contributed by atoms with Gasteiger partial charge in [0.25, 0.3) is 0 Å². The molecule has 4 nitrogen and oxygen atoms in total. The van der Waals surface area contributed by atoms with E-state index in [-0.39, 0.29) is 11.6 Å². The highest BCUT2D eigenvalue weighted by Crippen LogP contribution is 2.27. The maximum atomic E-state index is 6.01. The van der Waals surface area contributed by atoms with Crippen molar-refractivity contribution in [3.05, 3.63) is 29.8 Å². The molecule has 0 aliphatic carbocycles. The van der Waals surface area contributed by atoms with Gasteiger partial charge >= 0.3 is 0 Å². The minimum absolute atomic E-state index is 0.100. The molecule has 1 saturated heterocycles. The van der Waals surface area contributed by atoms with Gasteiger partial charge in [-0.25, -0.2) is 0 Å². The third-order valence-electron chi connectivity index (χ3n) is 3.70. The minimum Gasteiger partial charge on any atom is -0.494 e. The van der Waals surface area contributed by atoms with E-state index < -0.39 is 0 Å². The molecule has 2 N–H and O–H groups in total. The predicted octanol–water partition coefficient (Wildman–Crippen LogP) is 2.20. The fourth-order valence-corrected chi connectivity index (χ4v) is 2.77. The zero-order valence-corrected chi connectivity index (χ0v) is 12.8. The number of benzene rings is 1. The zero-order chi connectivity index (χ0) is 14.6. The molecule has 1 aliphatic heterocycles. The second-order valence-electron chi connectivity index (χ2n) is 5.83. The first-order chi connectivity index (χ1) is 9.55. The van der Waals surface area contributed by atoms with Crippen molar-refractivity contribution in [2.45, 2.75) is 32.4 Å². The van der Waals surface area contributed by atoms with Gasteiger partial charge < -0.3 is 15.2 Å². The van der Waals surface area contributed by atoms with E-state index in [1.807, 2.05) is 19.1 Å². The normalized spacial score (nSPS) is 20.6. The van der Waals surface area contributed by atoms with Crippen molar-refractivity contribution in [3.63, 3.8) is 0 Å². The van der Waals surface area contributed by atoms with Crippen molar-refractivity contribution < 1.29 is 9.47 Å². The molecule has 4 heteroatoms. The molecule has 1 aromatic carbocycles. The summed E-state index contributed by atoms with van der Waals surface area (Å²) in [6, 6.07) is 8.52. The highest BCUT2D eigenvalue weighted by molar-refractivity contribution is 5.29. The lowest BCUT2D eigenvalue weighted by Crippen LogP contribution is -2.50. The van der Waals surface area contributed by atoms with Crippen LogP contribution < -0.4 is 10.5 Å². The van der Waals surface area contributed by atoms with Gasteiger partial charge in [0.05, 0.1) is 18.8 Å². The Balaban J connectivity index is 2.11. The van der Waals surface area contributed by atoms with E-state index in [0.717, 1.165) is 25.4 Å². The average Bonchev–Trinajstić information content (AvgIpc) is 2.41. The standard InChI is InChI=1S/C16H26N2O2/c1-4-19-14-7-5-13(6-8-14)15(11-17)18-9-10-20-16(2,3)12-18/h5-8,15H,4,9-12,17H2,1-3H3. The Morgan fingerprint density at radius 1 is 1.35 bits per heavy atom. The maximum absolute atomic E-state index is 6.01. The molecule has 0 saturated carbocycles. The third kappa shape index (κ3) is 3.72. The van der Waals surface area contributed by atoms with Crippen molar-refractivity contribution in [1.29, 1.82) is 0 Å². The molecule has 0 spiro atoms. The average molecular weight is 278 g/mol. The summed E-state index contributed by atoms with van der Waals surface area (Å²) in [4.78, 5) is 2.42. The second-order valence-corrected chi connectivity index (χ2v) is 5.83. The highest BCUT2D eigenvalue weighted by atomic mass is 16.5. The zero-order valence-electron chi connectivity index (χ0n) is 12.8. The van der Waals surface area contributed by atoms with Crippen LogP contribution in [-0.2, 0) is 4.74 Å². The molecule has 1 aromatic rings. The topological polar surface area (TPSA) is 47.7 Å². The van der Waals surface area contributed by atoms with Crippen LogP contribution in [0.3, 0.4) is 0 Å². The number of rotatable bonds is 5. The summed E-state index contributed by atoms with van der Waals surface area (Å²) in [5, 5.41) is 0. The Hall–Kier alpha value is -1.10. The van der Waals surface area contributed by atoms with Crippen molar-refractivity contribution >= 4 is 0 Å². The second kappa shape index (κ2) is 6.57. The molecule has 0 radical (unpaired) electrons. The summed E-state index contributed by atoms with van der Waals surface area (Å²) < 4.78 is 11.3. The molecular weight excluding hydrogens is 252 g/mol. The Morgan fingerprint density at radius 2 is 2.05 bits per heavy atom. The monoisotopic (exact) mass is 278 g/mol. The van der Waals surface area contributed by atoms with Crippen LogP contribution in [0.4, 0.5) is 0 Å². The van der Waals surface area contributed by atoms with Gasteiger partial charge in [-0.3, -0.25) is 4.90 Å². The van der Waals surface area contributed by atoms with Gasteiger partial charge in [0.1, 0.15) is 5.75 Å². The number of morpholine rings is 1. The van der Waals surface area contributed by atoms with E-state index in [1.54, 1.807) is 0 Å². The summed E-state index contributed by atoms with van der Waals surface area (Å²) in [6.07, 6.45) is 0. The quantitative estimate of drug-likeness (QED) is 0.897. The third-order valence-corrected chi connectivity index (χ3v) is 3.70. The molecule has 1 fully saturated rings. The molecule has 1 atom stereocenters. The molecule has 2 rings (SSSR count). The highest BCUT2D eigenvalue weighted by Gasteiger charge is 2.31. The fraction of sp³-hybridized carbons (Fsp3) is 0.625. The van der Waals surface area contributed by atoms with E-state index in [1.165, 1.54) is 5.56 Å². The first kappa shape index (κ1) is 15.3. The molecule has 0 bridgehead atoms. The Labute approximate surface area is 121 Å². The van der Waals surface area contributed by atoms with Crippen LogP contribution in [-0.4, -0.2) is 43.3 Å². The lowest BCUT2D eigenvalue weighted by Gasteiger charge is -2.42. The molecule has 112 valence electrons. The maximum Gasteiger partial charge on any atom is 0.119 e. The van der Waals surface area contributed by atoms with Crippen LogP contribution >= 0.6 is 0 Å². The summed E-state index contributed by atoms with van der Waals surface area (Å²) in [5.41, 5.74) is 7.15. The van der Waals surface area contributed by atoms with Crippen LogP contribution in [0.25, 0.3) is 0 Å². The lowest BCUT2D eigenvalue weighted by molar-refractivity contribution is -0.0967. The van der Waals surface area contributed by atoms with E-state index in [0.29, 0.717) is 13.2 Å². The Morgan fingerprint density at radius 3 is 2.60 bits per heavy atom. The molecule has 1 unspecified atom stereocenters. The summed E-state index contributed by atoms with van der Waals surface area (Å²) in [6.45, 7) is 10.2. The van der Waals surface area contributed by atoms with Gasteiger partial charge in [-0.05, 0) is 38.5 Å². The SMILES string of the molecule is CCOc1ccc(C(CN)N2CCOC(C)(C)C2)cc1. The molecule has 20 heavy (non-hydrogen) atoms. The molecule has 0 amide bonds. The first-order valence-electron chi connectivity index (χ1n) is 7.36. The molecule has 1 heterocycles. The lowest BCUT2D eigenvalue weighted by atomic mass is 10.0. The molecular formula is C16H26N2O2. The molecule has 1 aliphatic rings. The van der Waals surface area contributed by atoms with E-state index in [2.05, 4.69) is 30.9 Å². The van der Waals surface area contributed by atoms with Gasteiger partial charge in [-0.1, -0.05) is 12.1 Å². The number of hydrogen-bond donors (Lipinski definition) is 1. The summed E-state index contributed by atoms with van der Waals surface area (Å²) in [5.74, 6) is 0.911. The van der Waals surface area contributed by atoms with Crippen molar-refractivity contribution in [1.82, 2.24) is 4.90 Å². The Bertz CT molecular complexity index is 417. The largest absolute Gasteiger partial charge is 0.494 e. The van der Waals surface area contributed by atoms with Crippen LogP contribution in [0.2, 0.25) is 0 Å². The van der Waals surface area contributed by atoms with Crippen molar-refractivity contribution in [2.24, 2.45) is 5.73 Å². The van der Waals surface area contributed by atoms with Crippen LogP contribution in [0.15, 0.2) is 24.3 Å². The van der Waals surface area contributed by atoms with Crippen molar-refractivity contribution in [2.75, 3.05) is 32.8 Å². The number of hydrogen-bond acceptors (Lipinski definition) is 4. The number of nitrogens with zero attached hydrogens (tertiary/aromatic N) is 1. The van der Waals surface area contributed by atoms with Gasteiger partial charge in [0.15, 0.2) is 0 Å².